The number of carbonyl (C=O) groups excluding carboxylic acids is 2. The molecule has 48 heavy (non-hydrogen) atoms. The molecular formula is C39H73O8P. The number of esters is 2. The minimum absolute atomic E-state index is 0.197. The molecule has 0 aromatic heterocycles. The van der Waals surface area contributed by atoms with E-state index in [0.29, 0.717) is 6.42 Å². The second-order valence-electron chi connectivity index (χ2n) is 13.3. The van der Waals surface area contributed by atoms with Gasteiger partial charge < -0.3 is 19.3 Å². The summed E-state index contributed by atoms with van der Waals surface area (Å²) in [5, 5.41) is 0. The number of hydrogen-bond acceptors (Lipinski definition) is 6. The molecular weight excluding hydrogens is 627 g/mol. The van der Waals surface area contributed by atoms with Crippen LogP contribution in [0.2, 0.25) is 0 Å². The number of rotatable bonds is 36. The zero-order chi connectivity index (χ0) is 35.4. The fourth-order valence-corrected chi connectivity index (χ4v) is 5.90. The minimum atomic E-state index is -4.75. The molecule has 2 N–H and O–H groups in total. The molecule has 0 bridgehead atoms. The monoisotopic (exact) mass is 701 g/mol. The summed E-state index contributed by atoms with van der Waals surface area (Å²) < 4.78 is 26.3. The topological polar surface area (TPSA) is 119 Å². The highest BCUT2D eigenvalue weighted by molar-refractivity contribution is 7.46. The highest BCUT2D eigenvalue weighted by atomic mass is 31.2. The van der Waals surface area contributed by atoms with E-state index >= 15 is 0 Å². The number of allylic oxidation sites excluding steroid dienone is 4. The third kappa shape index (κ3) is 37.4. The van der Waals surface area contributed by atoms with Gasteiger partial charge in [0.05, 0.1) is 6.61 Å². The maximum absolute atomic E-state index is 12.4. The number of hydrogen-bond donors (Lipinski definition) is 2. The van der Waals surface area contributed by atoms with Crippen LogP contribution in [0.5, 0.6) is 0 Å². The van der Waals surface area contributed by atoms with Crippen LogP contribution in [-0.4, -0.2) is 41.0 Å². The molecule has 9 heteroatoms. The van der Waals surface area contributed by atoms with Crippen LogP contribution in [0.15, 0.2) is 24.3 Å². The molecule has 0 saturated carbocycles. The molecule has 0 amide bonds. The lowest BCUT2D eigenvalue weighted by Gasteiger charge is -2.18. The van der Waals surface area contributed by atoms with Crippen LogP contribution in [0.1, 0.15) is 194 Å². The first-order chi connectivity index (χ1) is 23.3. The van der Waals surface area contributed by atoms with E-state index in [1.54, 1.807) is 0 Å². The van der Waals surface area contributed by atoms with Gasteiger partial charge in [-0.2, -0.15) is 0 Å². The van der Waals surface area contributed by atoms with Crippen molar-refractivity contribution in [3.8, 4) is 0 Å². The van der Waals surface area contributed by atoms with E-state index in [1.807, 2.05) is 0 Å². The Morgan fingerprint density at radius 1 is 0.542 bits per heavy atom. The van der Waals surface area contributed by atoms with Crippen LogP contribution >= 0.6 is 7.82 Å². The van der Waals surface area contributed by atoms with Gasteiger partial charge in [0.1, 0.15) is 6.61 Å². The van der Waals surface area contributed by atoms with E-state index in [1.165, 1.54) is 103 Å². The summed E-state index contributed by atoms with van der Waals surface area (Å²) in [6.07, 6.45) is 38.9. The lowest BCUT2D eigenvalue weighted by atomic mass is 10.0. The summed E-state index contributed by atoms with van der Waals surface area (Å²) in [7, 11) is -4.75. The molecule has 0 spiro atoms. The predicted octanol–water partition coefficient (Wildman–Crippen LogP) is 11.6. The van der Waals surface area contributed by atoms with Gasteiger partial charge in [0.2, 0.25) is 0 Å². The van der Waals surface area contributed by atoms with E-state index in [-0.39, 0.29) is 19.4 Å². The van der Waals surface area contributed by atoms with Gasteiger partial charge in [-0.15, -0.1) is 0 Å². The first-order valence-electron chi connectivity index (χ1n) is 19.6. The largest absolute Gasteiger partial charge is 0.469 e. The van der Waals surface area contributed by atoms with Crippen LogP contribution in [-0.2, 0) is 28.2 Å². The van der Waals surface area contributed by atoms with Crippen LogP contribution in [0.25, 0.3) is 0 Å². The Morgan fingerprint density at radius 2 is 0.917 bits per heavy atom. The number of carbonyl (C=O) groups is 2. The van der Waals surface area contributed by atoms with E-state index < -0.39 is 32.5 Å². The molecule has 0 fully saturated rings. The highest BCUT2D eigenvalue weighted by Crippen LogP contribution is 2.36. The third-order valence-electron chi connectivity index (χ3n) is 8.50. The Kier molecular flexibility index (Phi) is 34.3. The second-order valence-corrected chi connectivity index (χ2v) is 14.5. The SMILES string of the molecule is CCCCCC/C=C/C=C/CCCCCCCC(=O)O[C@H](COC(=O)CCCCCCCCCCCCCCCCC)COP(=O)(O)O. The van der Waals surface area contributed by atoms with Crippen molar-refractivity contribution in [3.63, 3.8) is 0 Å². The van der Waals surface area contributed by atoms with Crippen LogP contribution in [0, 0.1) is 0 Å². The van der Waals surface area contributed by atoms with Crippen LogP contribution < -0.4 is 0 Å². The number of phosphoric acid groups is 1. The van der Waals surface area contributed by atoms with Crippen molar-refractivity contribution in [2.24, 2.45) is 0 Å². The van der Waals surface area contributed by atoms with Crippen LogP contribution in [0.3, 0.4) is 0 Å². The highest BCUT2D eigenvalue weighted by Gasteiger charge is 2.22. The Bertz CT molecular complexity index is 838. The van der Waals surface area contributed by atoms with E-state index in [0.717, 1.165) is 57.8 Å². The van der Waals surface area contributed by atoms with E-state index in [2.05, 4.69) is 42.7 Å². The van der Waals surface area contributed by atoms with Crippen molar-refractivity contribution in [2.45, 2.75) is 200 Å². The summed E-state index contributed by atoms with van der Waals surface area (Å²) in [5.41, 5.74) is 0. The summed E-state index contributed by atoms with van der Waals surface area (Å²) >= 11 is 0. The van der Waals surface area contributed by atoms with Gasteiger partial charge in [-0.1, -0.05) is 167 Å². The van der Waals surface area contributed by atoms with Crippen molar-refractivity contribution in [2.75, 3.05) is 13.2 Å². The molecule has 0 heterocycles. The maximum Gasteiger partial charge on any atom is 0.469 e. The minimum Gasteiger partial charge on any atom is -0.462 e. The van der Waals surface area contributed by atoms with Gasteiger partial charge in [-0.3, -0.25) is 14.1 Å². The van der Waals surface area contributed by atoms with Crippen molar-refractivity contribution in [3.05, 3.63) is 24.3 Å². The standard InChI is InChI=1S/C39H73O8P/c1-3-5-7-9-11-13-15-17-19-21-23-25-27-29-31-33-38(40)45-35-37(36-46-48(42,43)44)47-39(41)34-32-30-28-26-24-22-20-18-16-14-12-10-8-6-4-2/h14,16,18,20,37H,3-13,15,17,19,21-36H2,1-2H3,(H2,42,43,44)/b16-14+,20-18+/t37-/m1/s1. The third-order valence-corrected chi connectivity index (χ3v) is 8.99. The molecule has 8 nitrogen and oxygen atoms in total. The summed E-state index contributed by atoms with van der Waals surface area (Å²) in [6.45, 7) is 3.66. The second kappa shape index (κ2) is 35.4. The van der Waals surface area contributed by atoms with Crippen molar-refractivity contribution in [1.29, 1.82) is 0 Å². The molecule has 1 atom stereocenters. The quantitative estimate of drug-likeness (QED) is 0.0287. The zero-order valence-electron chi connectivity index (χ0n) is 30.9. The fraction of sp³-hybridized carbons (Fsp3) is 0.846. The molecule has 0 unspecified atom stereocenters. The molecule has 0 aromatic rings. The zero-order valence-corrected chi connectivity index (χ0v) is 31.8. The fourth-order valence-electron chi connectivity index (χ4n) is 5.54. The Morgan fingerprint density at radius 3 is 1.35 bits per heavy atom. The Hall–Kier alpha value is -1.47. The first kappa shape index (κ1) is 46.5. The Balaban J connectivity index is 3.96. The normalized spacial score (nSPS) is 12.7. The van der Waals surface area contributed by atoms with Gasteiger partial charge in [0.15, 0.2) is 6.10 Å². The van der Waals surface area contributed by atoms with Gasteiger partial charge in [0, 0.05) is 12.8 Å². The number of phosphoric ester groups is 1. The smallest absolute Gasteiger partial charge is 0.462 e. The molecule has 0 aromatic carbocycles. The molecule has 282 valence electrons. The summed E-state index contributed by atoms with van der Waals surface area (Å²) in [5.74, 6) is -0.896. The average Bonchev–Trinajstić information content (AvgIpc) is 3.05. The van der Waals surface area contributed by atoms with Gasteiger partial charge in [-0.05, 0) is 38.5 Å². The molecule has 0 aliphatic carbocycles. The molecule has 0 aliphatic heterocycles. The first-order valence-corrected chi connectivity index (χ1v) is 21.2. The van der Waals surface area contributed by atoms with E-state index in [9.17, 15) is 14.2 Å². The van der Waals surface area contributed by atoms with Crippen LogP contribution in [0.4, 0.5) is 0 Å². The van der Waals surface area contributed by atoms with Crippen molar-refractivity contribution >= 4 is 19.8 Å². The molecule has 0 aliphatic rings. The van der Waals surface area contributed by atoms with E-state index in [4.69, 9.17) is 19.3 Å². The maximum atomic E-state index is 12.4. The number of ether oxygens (including phenoxy) is 2. The molecule has 0 rings (SSSR count). The number of unbranched alkanes of at least 4 members (excludes halogenated alkanes) is 23. The predicted molar refractivity (Wildman–Crippen MR) is 198 cm³/mol. The van der Waals surface area contributed by atoms with Crippen molar-refractivity contribution < 1.29 is 37.9 Å². The van der Waals surface area contributed by atoms with Gasteiger partial charge in [0.25, 0.3) is 0 Å². The summed E-state index contributed by atoms with van der Waals surface area (Å²) in [4.78, 5) is 42.7. The average molecular weight is 701 g/mol. The lowest BCUT2D eigenvalue weighted by Crippen LogP contribution is -2.29. The van der Waals surface area contributed by atoms with Gasteiger partial charge >= 0.3 is 19.8 Å². The Labute approximate surface area is 294 Å². The summed E-state index contributed by atoms with van der Waals surface area (Å²) in [6, 6.07) is 0. The lowest BCUT2D eigenvalue weighted by molar-refractivity contribution is -0.161. The molecule has 0 saturated heterocycles. The van der Waals surface area contributed by atoms with Crippen molar-refractivity contribution in [1.82, 2.24) is 0 Å². The molecule has 0 radical (unpaired) electrons. The van der Waals surface area contributed by atoms with Gasteiger partial charge in [-0.25, -0.2) is 4.57 Å².